The van der Waals surface area contributed by atoms with Crippen molar-refractivity contribution in [1.82, 2.24) is 4.90 Å². The van der Waals surface area contributed by atoms with Crippen LogP contribution < -0.4 is 5.73 Å². The first-order chi connectivity index (χ1) is 9.18. The summed E-state index contributed by atoms with van der Waals surface area (Å²) in [5.74, 6) is 0.451. The van der Waals surface area contributed by atoms with Gasteiger partial charge in [0.2, 0.25) is 5.91 Å². The van der Waals surface area contributed by atoms with Gasteiger partial charge >= 0.3 is 0 Å². The maximum Gasteiger partial charge on any atom is 0.240 e. The largest absolute Gasteiger partial charge is 0.374 e. The van der Waals surface area contributed by atoms with Gasteiger partial charge in [-0.3, -0.25) is 4.79 Å². The fourth-order valence-electron chi connectivity index (χ4n) is 3.85. The van der Waals surface area contributed by atoms with Crippen molar-refractivity contribution in [3.63, 3.8) is 0 Å². The molecule has 19 heavy (non-hydrogen) atoms. The molecule has 2 N–H and O–H groups in total. The third kappa shape index (κ3) is 2.50. The van der Waals surface area contributed by atoms with Gasteiger partial charge in [-0.25, -0.2) is 0 Å². The highest BCUT2D eigenvalue weighted by molar-refractivity contribution is 6.21. The van der Waals surface area contributed by atoms with Crippen LogP contribution in [0, 0.1) is 5.92 Å². The molecule has 0 bridgehead atoms. The summed E-state index contributed by atoms with van der Waals surface area (Å²) in [7, 11) is 0. The van der Waals surface area contributed by atoms with E-state index in [9.17, 15) is 4.79 Å². The van der Waals surface area contributed by atoms with Gasteiger partial charge in [0.25, 0.3) is 0 Å². The Balaban J connectivity index is 1.66. The molecule has 1 amide bonds. The average Bonchev–Trinajstić information content (AvgIpc) is 3.03. The maximum atomic E-state index is 12.6. The Morgan fingerprint density at radius 1 is 1.26 bits per heavy atom. The number of likely N-dealkylation sites (tertiary alicyclic amines) is 1. The van der Waals surface area contributed by atoms with E-state index < -0.39 is 0 Å². The van der Waals surface area contributed by atoms with E-state index in [0.717, 1.165) is 19.3 Å². The molecular formula is C14H23ClN2O2. The van der Waals surface area contributed by atoms with E-state index in [1.54, 1.807) is 0 Å². The standard InChI is InChI=1S/C14H23ClN2O2/c15-10-8-17(11-6-7-19-13(10)11)14(18)12(16)9-4-2-1-3-5-9/h9-13H,1-8,16H2/t10-,11+,12-,13+/m0/s1. The quantitative estimate of drug-likeness (QED) is 0.783. The summed E-state index contributed by atoms with van der Waals surface area (Å²) in [5.41, 5.74) is 6.22. The molecule has 5 heteroatoms. The molecule has 3 fully saturated rings. The van der Waals surface area contributed by atoms with Crippen LogP contribution in [-0.4, -0.2) is 47.5 Å². The SMILES string of the molecule is N[C@H](C(=O)N1C[C@H](Cl)[C@H]2OCC[C@H]21)C1CCCCC1. The van der Waals surface area contributed by atoms with Crippen LogP contribution in [0.1, 0.15) is 38.5 Å². The van der Waals surface area contributed by atoms with Gasteiger partial charge in [-0.2, -0.15) is 0 Å². The first-order valence-corrected chi connectivity index (χ1v) is 7.94. The number of carbonyl (C=O) groups excluding carboxylic acids is 1. The fourth-order valence-corrected chi connectivity index (χ4v) is 4.24. The predicted octanol–water partition coefficient (Wildman–Crippen LogP) is 1.50. The number of ether oxygens (including phenoxy) is 1. The van der Waals surface area contributed by atoms with Crippen LogP contribution in [0.5, 0.6) is 0 Å². The van der Waals surface area contributed by atoms with Crippen LogP contribution in [-0.2, 0) is 9.53 Å². The van der Waals surface area contributed by atoms with E-state index in [1.807, 2.05) is 4.90 Å². The molecule has 0 spiro atoms. The van der Waals surface area contributed by atoms with Crippen molar-refractivity contribution in [2.75, 3.05) is 13.2 Å². The van der Waals surface area contributed by atoms with Crippen molar-refractivity contribution in [2.24, 2.45) is 11.7 Å². The van der Waals surface area contributed by atoms with Crippen molar-refractivity contribution < 1.29 is 9.53 Å². The topological polar surface area (TPSA) is 55.6 Å². The number of hydrogen-bond acceptors (Lipinski definition) is 3. The minimum Gasteiger partial charge on any atom is -0.374 e. The first-order valence-electron chi connectivity index (χ1n) is 7.50. The zero-order chi connectivity index (χ0) is 13.4. The lowest BCUT2D eigenvalue weighted by Gasteiger charge is -2.31. The summed E-state index contributed by atoms with van der Waals surface area (Å²) < 4.78 is 5.63. The second-order valence-electron chi connectivity index (χ2n) is 6.12. The monoisotopic (exact) mass is 286 g/mol. The molecular weight excluding hydrogens is 264 g/mol. The van der Waals surface area contributed by atoms with Crippen LogP contribution >= 0.6 is 11.6 Å². The third-order valence-electron chi connectivity index (χ3n) is 4.96. The van der Waals surface area contributed by atoms with Crippen LogP contribution in [0.4, 0.5) is 0 Å². The van der Waals surface area contributed by atoms with Crippen molar-refractivity contribution in [1.29, 1.82) is 0 Å². The Hall–Kier alpha value is -0.320. The Labute approximate surface area is 119 Å². The summed E-state index contributed by atoms with van der Waals surface area (Å²) in [6.45, 7) is 1.30. The van der Waals surface area contributed by atoms with E-state index in [4.69, 9.17) is 22.1 Å². The van der Waals surface area contributed by atoms with E-state index >= 15 is 0 Å². The zero-order valence-electron chi connectivity index (χ0n) is 11.3. The third-order valence-corrected chi connectivity index (χ3v) is 5.34. The molecule has 0 aromatic rings. The van der Waals surface area contributed by atoms with Crippen molar-refractivity contribution in [3.8, 4) is 0 Å². The summed E-state index contributed by atoms with van der Waals surface area (Å²) in [6, 6.07) is -0.187. The summed E-state index contributed by atoms with van der Waals surface area (Å²) in [6.07, 6.45) is 6.80. The Kier molecular flexibility index (Phi) is 4.01. The lowest BCUT2D eigenvalue weighted by atomic mass is 9.83. The molecule has 0 unspecified atom stereocenters. The molecule has 3 rings (SSSR count). The highest BCUT2D eigenvalue weighted by Gasteiger charge is 2.48. The second kappa shape index (κ2) is 5.58. The molecule has 2 aliphatic heterocycles. The predicted molar refractivity (Wildman–Crippen MR) is 74.0 cm³/mol. The van der Waals surface area contributed by atoms with Crippen LogP contribution in [0.2, 0.25) is 0 Å². The van der Waals surface area contributed by atoms with Crippen LogP contribution in [0.15, 0.2) is 0 Å². The number of carbonyl (C=O) groups is 1. The zero-order valence-corrected chi connectivity index (χ0v) is 12.0. The maximum absolute atomic E-state index is 12.6. The Morgan fingerprint density at radius 3 is 2.74 bits per heavy atom. The van der Waals surface area contributed by atoms with Gasteiger partial charge in [-0.05, 0) is 25.2 Å². The minimum absolute atomic E-state index is 0.0178. The normalized spacial score (nSPS) is 37.4. The second-order valence-corrected chi connectivity index (χ2v) is 6.68. The first kappa shape index (κ1) is 13.7. The number of halogens is 1. The van der Waals surface area contributed by atoms with Crippen LogP contribution in [0.3, 0.4) is 0 Å². The van der Waals surface area contributed by atoms with Crippen molar-refractivity contribution >= 4 is 17.5 Å². The number of nitrogens with two attached hydrogens (primary N) is 1. The number of alkyl halides is 1. The Morgan fingerprint density at radius 2 is 2.00 bits per heavy atom. The van der Waals surface area contributed by atoms with E-state index in [1.165, 1.54) is 19.3 Å². The number of rotatable bonds is 2. The fraction of sp³-hybridized carbons (Fsp3) is 0.929. The molecule has 3 aliphatic rings. The summed E-state index contributed by atoms with van der Waals surface area (Å²) in [4.78, 5) is 14.5. The molecule has 4 atom stereocenters. The molecule has 0 aromatic heterocycles. The molecule has 1 saturated carbocycles. The lowest BCUT2D eigenvalue weighted by molar-refractivity contribution is -0.135. The highest BCUT2D eigenvalue weighted by Crippen LogP contribution is 2.34. The number of hydrogen-bond donors (Lipinski definition) is 1. The molecule has 108 valence electrons. The van der Waals surface area contributed by atoms with Gasteiger partial charge in [0.1, 0.15) is 0 Å². The number of amides is 1. The summed E-state index contributed by atoms with van der Waals surface area (Å²) in [5, 5.41) is -0.0741. The summed E-state index contributed by atoms with van der Waals surface area (Å²) >= 11 is 6.28. The van der Waals surface area contributed by atoms with Gasteiger partial charge < -0.3 is 15.4 Å². The number of fused-ring (bicyclic) bond motifs is 1. The van der Waals surface area contributed by atoms with Gasteiger partial charge in [0.15, 0.2) is 0 Å². The highest BCUT2D eigenvalue weighted by atomic mass is 35.5. The smallest absolute Gasteiger partial charge is 0.240 e. The van der Waals surface area contributed by atoms with E-state index in [-0.39, 0.29) is 29.5 Å². The molecule has 0 aromatic carbocycles. The van der Waals surface area contributed by atoms with Gasteiger partial charge in [0.05, 0.1) is 23.6 Å². The molecule has 2 saturated heterocycles. The number of nitrogens with zero attached hydrogens (tertiary/aromatic N) is 1. The van der Waals surface area contributed by atoms with Crippen molar-refractivity contribution in [2.45, 2.75) is 62.1 Å². The minimum atomic E-state index is -0.344. The Bertz CT molecular complexity index is 346. The molecule has 0 radical (unpaired) electrons. The van der Waals surface area contributed by atoms with Gasteiger partial charge in [0, 0.05) is 13.2 Å². The molecule has 1 aliphatic carbocycles. The van der Waals surface area contributed by atoms with Crippen molar-refractivity contribution in [3.05, 3.63) is 0 Å². The van der Waals surface area contributed by atoms with Crippen LogP contribution in [0.25, 0.3) is 0 Å². The van der Waals surface area contributed by atoms with Gasteiger partial charge in [-0.15, -0.1) is 11.6 Å². The molecule has 4 nitrogen and oxygen atoms in total. The van der Waals surface area contributed by atoms with E-state index in [0.29, 0.717) is 19.1 Å². The van der Waals surface area contributed by atoms with E-state index in [2.05, 4.69) is 0 Å². The lowest BCUT2D eigenvalue weighted by Crippen LogP contribution is -2.50. The van der Waals surface area contributed by atoms with Gasteiger partial charge in [-0.1, -0.05) is 19.3 Å². The average molecular weight is 287 g/mol. The molecule has 2 heterocycles.